The molecule has 2 heterocycles. The molecule has 3 rings (SSSR count). The molecule has 1 aromatic heterocycles. The number of nitrogens with zero attached hydrogens (tertiary/aromatic N) is 3. The number of benzene rings is 1. The summed E-state index contributed by atoms with van der Waals surface area (Å²) >= 11 is 1.59. The maximum Gasteiger partial charge on any atom is 0.261 e. The first-order valence-corrected chi connectivity index (χ1v) is 9.25. The van der Waals surface area contributed by atoms with E-state index in [1.54, 1.807) is 48.7 Å². The maximum absolute atomic E-state index is 13.0. The number of carbonyl (C=O) groups is 1. The maximum atomic E-state index is 13.0. The van der Waals surface area contributed by atoms with Crippen molar-refractivity contribution >= 4 is 17.2 Å². The van der Waals surface area contributed by atoms with Crippen molar-refractivity contribution < 1.29 is 14.3 Å². The van der Waals surface area contributed by atoms with Gasteiger partial charge in [-0.1, -0.05) is 12.1 Å². The summed E-state index contributed by atoms with van der Waals surface area (Å²) in [6.07, 6.45) is 0. The van der Waals surface area contributed by atoms with Crippen molar-refractivity contribution in [1.29, 1.82) is 5.26 Å². The van der Waals surface area contributed by atoms with Gasteiger partial charge in [0.15, 0.2) is 0 Å². The summed E-state index contributed by atoms with van der Waals surface area (Å²) in [5, 5.41) is 11.5. The average Bonchev–Trinajstić information content (AvgIpc) is 3.22. The molecule has 0 aliphatic carbocycles. The standard InChI is InChI=1S/C19H21N3O3S/c1-24-15-5-3-6-16(25-2)18(15)19(23)22-10-8-21(9-11-22)14(13-20)17-7-4-12-26-17/h3-7,12,14H,8-11H2,1-2H3. The Balaban J connectivity index is 1.73. The van der Waals surface area contributed by atoms with E-state index in [0.29, 0.717) is 43.2 Å². The minimum atomic E-state index is -0.256. The van der Waals surface area contributed by atoms with Crippen LogP contribution in [0.1, 0.15) is 21.3 Å². The fraction of sp³-hybridized carbons (Fsp3) is 0.368. The Kier molecular flexibility index (Phi) is 5.76. The number of piperazine rings is 1. The van der Waals surface area contributed by atoms with Crippen LogP contribution in [-0.2, 0) is 0 Å². The number of carbonyl (C=O) groups excluding carboxylic acids is 1. The number of methoxy groups -OCH3 is 2. The number of rotatable bonds is 5. The highest BCUT2D eigenvalue weighted by atomic mass is 32.1. The van der Waals surface area contributed by atoms with Crippen LogP contribution in [0.4, 0.5) is 0 Å². The molecule has 6 nitrogen and oxygen atoms in total. The van der Waals surface area contributed by atoms with E-state index in [1.165, 1.54) is 0 Å². The summed E-state index contributed by atoms with van der Waals surface area (Å²) in [6.45, 7) is 2.42. The van der Waals surface area contributed by atoms with Crippen LogP contribution in [0.3, 0.4) is 0 Å². The first-order chi connectivity index (χ1) is 12.7. The van der Waals surface area contributed by atoms with Gasteiger partial charge in [-0.25, -0.2) is 0 Å². The molecule has 0 radical (unpaired) electrons. The summed E-state index contributed by atoms with van der Waals surface area (Å²) in [5.41, 5.74) is 0.445. The van der Waals surface area contributed by atoms with E-state index in [4.69, 9.17) is 9.47 Å². The first kappa shape index (κ1) is 18.2. The fourth-order valence-corrected chi connectivity index (χ4v) is 3.98. The summed E-state index contributed by atoms with van der Waals surface area (Å²) in [7, 11) is 3.09. The molecule has 1 aromatic carbocycles. The molecular weight excluding hydrogens is 350 g/mol. The van der Waals surface area contributed by atoms with Gasteiger partial charge in [-0.2, -0.15) is 5.26 Å². The molecule has 1 aliphatic heterocycles. The third kappa shape index (κ3) is 3.52. The molecule has 0 saturated carbocycles. The van der Waals surface area contributed by atoms with Gasteiger partial charge in [0.1, 0.15) is 23.1 Å². The van der Waals surface area contributed by atoms with Gasteiger partial charge in [-0.3, -0.25) is 9.69 Å². The third-order valence-corrected chi connectivity index (χ3v) is 5.47. The normalized spacial score (nSPS) is 16.0. The highest BCUT2D eigenvalue weighted by molar-refractivity contribution is 7.10. The van der Waals surface area contributed by atoms with Crippen molar-refractivity contribution in [3.05, 3.63) is 46.2 Å². The Hall–Kier alpha value is -2.56. The zero-order valence-corrected chi connectivity index (χ0v) is 15.7. The highest BCUT2D eigenvalue weighted by Gasteiger charge is 2.30. The largest absolute Gasteiger partial charge is 0.496 e. The number of hydrogen-bond donors (Lipinski definition) is 0. The molecule has 1 atom stereocenters. The molecule has 26 heavy (non-hydrogen) atoms. The molecule has 0 N–H and O–H groups in total. The predicted molar refractivity (Wildman–Crippen MR) is 99.7 cm³/mol. The van der Waals surface area contributed by atoms with Gasteiger partial charge in [0.25, 0.3) is 5.91 Å². The van der Waals surface area contributed by atoms with Crippen molar-refractivity contribution in [2.24, 2.45) is 0 Å². The molecule has 1 unspecified atom stereocenters. The van der Waals surface area contributed by atoms with Crippen molar-refractivity contribution in [2.45, 2.75) is 6.04 Å². The van der Waals surface area contributed by atoms with Gasteiger partial charge in [-0.15, -0.1) is 11.3 Å². The van der Waals surface area contributed by atoms with Crippen LogP contribution in [0.25, 0.3) is 0 Å². The lowest BCUT2D eigenvalue weighted by Gasteiger charge is -2.36. The van der Waals surface area contributed by atoms with Crippen LogP contribution in [0.2, 0.25) is 0 Å². The zero-order valence-electron chi connectivity index (χ0n) is 14.8. The lowest BCUT2D eigenvalue weighted by atomic mass is 10.1. The van der Waals surface area contributed by atoms with E-state index in [-0.39, 0.29) is 11.9 Å². The van der Waals surface area contributed by atoms with Gasteiger partial charge in [-0.05, 0) is 23.6 Å². The summed E-state index contributed by atoms with van der Waals surface area (Å²) in [6, 6.07) is 11.4. The van der Waals surface area contributed by atoms with E-state index in [1.807, 2.05) is 17.5 Å². The smallest absolute Gasteiger partial charge is 0.261 e. The van der Waals surface area contributed by atoms with E-state index in [0.717, 1.165) is 4.88 Å². The molecular formula is C19H21N3O3S. The summed E-state index contributed by atoms with van der Waals surface area (Å²) < 4.78 is 10.7. The fourth-order valence-electron chi connectivity index (χ4n) is 3.18. The van der Waals surface area contributed by atoms with Crippen molar-refractivity contribution in [3.63, 3.8) is 0 Å². The van der Waals surface area contributed by atoms with E-state index in [9.17, 15) is 10.1 Å². The van der Waals surface area contributed by atoms with Crippen molar-refractivity contribution in [2.75, 3.05) is 40.4 Å². The first-order valence-electron chi connectivity index (χ1n) is 8.37. The Morgan fingerprint density at radius 1 is 1.12 bits per heavy atom. The molecule has 1 fully saturated rings. The Labute approximate surface area is 157 Å². The van der Waals surface area contributed by atoms with Crippen molar-refractivity contribution in [1.82, 2.24) is 9.80 Å². The minimum Gasteiger partial charge on any atom is -0.496 e. The second kappa shape index (κ2) is 8.21. The number of amides is 1. The Morgan fingerprint density at radius 2 is 1.77 bits per heavy atom. The second-order valence-electron chi connectivity index (χ2n) is 5.91. The molecule has 1 saturated heterocycles. The van der Waals surface area contributed by atoms with Crippen molar-refractivity contribution in [3.8, 4) is 17.6 Å². The zero-order chi connectivity index (χ0) is 18.5. The quantitative estimate of drug-likeness (QED) is 0.809. The Bertz CT molecular complexity index is 771. The second-order valence-corrected chi connectivity index (χ2v) is 6.89. The molecule has 136 valence electrons. The topological polar surface area (TPSA) is 65.8 Å². The number of thiophene rings is 1. The van der Waals surface area contributed by atoms with Gasteiger partial charge < -0.3 is 14.4 Å². The van der Waals surface area contributed by atoms with Crippen LogP contribution in [0.15, 0.2) is 35.7 Å². The lowest BCUT2D eigenvalue weighted by molar-refractivity contribution is 0.0601. The molecule has 7 heteroatoms. The summed E-state index contributed by atoms with van der Waals surface area (Å²) in [5.74, 6) is 0.902. The van der Waals surface area contributed by atoms with Crippen LogP contribution in [-0.4, -0.2) is 56.1 Å². The van der Waals surface area contributed by atoms with E-state index < -0.39 is 0 Å². The number of nitriles is 1. The predicted octanol–water partition coefficient (Wildman–Crippen LogP) is 2.79. The highest BCUT2D eigenvalue weighted by Crippen LogP contribution is 2.31. The number of hydrogen-bond acceptors (Lipinski definition) is 6. The van der Waals surface area contributed by atoms with Gasteiger partial charge >= 0.3 is 0 Å². The SMILES string of the molecule is COc1cccc(OC)c1C(=O)N1CCN(C(C#N)c2cccs2)CC1. The third-order valence-electron chi connectivity index (χ3n) is 4.54. The van der Waals surface area contributed by atoms with Crippen LogP contribution in [0.5, 0.6) is 11.5 Å². The monoisotopic (exact) mass is 371 g/mol. The van der Waals surface area contributed by atoms with Gasteiger partial charge in [0.2, 0.25) is 0 Å². The summed E-state index contributed by atoms with van der Waals surface area (Å²) in [4.78, 5) is 18.0. The van der Waals surface area contributed by atoms with Crippen LogP contribution >= 0.6 is 11.3 Å². The van der Waals surface area contributed by atoms with Gasteiger partial charge in [0.05, 0.1) is 20.3 Å². The van der Waals surface area contributed by atoms with Gasteiger partial charge in [0, 0.05) is 31.1 Å². The molecule has 2 aromatic rings. The molecule has 1 aliphatic rings. The molecule has 0 spiro atoms. The van der Waals surface area contributed by atoms with Crippen LogP contribution < -0.4 is 9.47 Å². The Morgan fingerprint density at radius 3 is 2.27 bits per heavy atom. The molecule has 0 bridgehead atoms. The average molecular weight is 371 g/mol. The van der Waals surface area contributed by atoms with Crippen LogP contribution in [0, 0.1) is 11.3 Å². The lowest BCUT2D eigenvalue weighted by Crippen LogP contribution is -2.49. The van der Waals surface area contributed by atoms with E-state index >= 15 is 0 Å². The number of ether oxygens (including phenoxy) is 2. The van der Waals surface area contributed by atoms with E-state index in [2.05, 4.69) is 11.0 Å². The minimum absolute atomic E-state index is 0.108. The molecule has 1 amide bonds.